The second kappa shape index (κ2) is 15.1. The van der Waals surface area contributed by atoms with E-state index in [0.29, 0.717) is 0 Å². The molecule has 0 N–H and O–H groups in total. The second-order valence-electron chi connectivity index (χ2n) is 8.52. The molecule has 1 aromatic rings. The normalized spacial score (nSPS) is 11.9. The minimum absolute atomic E-state index is 1.25. The van der Waals surface area contributed by atoms with Gasteiger partial charge in [0.15, 0.2) is 0 Å². The number of hydrogen-bond donors (Lipinski definition) is 0. The quantitative estimate of drug-likeness (QED) is 0.190. The van der Waals surface area contributed by atoms with Gasteiger partial charge in [0.1, 0.15) is 5.69 Å². The van der Waals surface area contributed by atoms with Gasteiger partial charge >= 0.3 is 0 Å². The van der Waals surface area contributed by atoms with Crippen molar-refractivity contribution in [2.24, 2.45) is 0 Å². The van der Waals surface area contributed by atoms with E-state index in [2.05, 4.69) is 52.0 Å². The van der Waals surface area contributed by atoms with E-state index in [1.807, 2.05) is 0 Å². The summed E-state index contributed by atoms with van der Waals surface area (Å²) in [7, 11) is 0. The Morgan fingerprint density at radius 3 is 1.48 bits per heavy atom. The maximum absolute atomic E-state index is 2.48. The lowest BCUT2D eigenvalue weighted by Gasteiger charge is -2.40. The lowest BCUT2D eigenvalue weighted by Crippen LogP contribution is -2.52. The summed E-state index contributed by atoms with van der Waals surface area (Å²) in [6.07, 6.45) is 17.5. The SMILES string of the molecule is CCCCCc1ccccc1[N+](CCCCC)(CCCCC)CCCCC. The third kappa shape index (κ3) is 8.81. The largest absolute Gasteiger partial charge is 0.291 e. The number of hydrogen-bond acceptors (Lipinski definition) is 0. The summed E-state index contributed by atoms with van der Waals surface area (Å²) in [5, 5.41) is 0. The van der Waals surface area contributed by atoms with Gasteiger partial charge in [0, 0.05) is 5.56 Å². The molecule has 1 nitrogen and oxygen atoms in total. The minimum atomic E-state index is 1.25. The highest BCUT2D eigenvalue weighted by atomic mass is 15.4. The fraction of sp³-hybridized carbons (Fsp3) is 0.769. The first-order chi connectivity index (χ1) is 13.2. The molecule has 1 aromatic carbocycles. The molecule has 0 fully saturated rings. The predicted octanol–water partition coefficient (Wildman–Crippen LogP) is 8.30. The van der Waals surface area contributed by atoms with Gasteiger partial charge in [0.05, 0.1) is 19.6 Å². The molecule has 0 aliphatic carbocycles. The Kier molecular flexibility index (Phi) is 13.6. The summed E-state index contributed by atoms with van der Waals surface area (Å²) in [4.78, 5) is 0. The van der Waals surface area contributed by atoms with Crippen molar-refractivity contribution in [1.29, 1.82) is 0 Å². The van der Waals surface area contributed by atoms with Crippen LogP contribution in [0.25, 0.3) is 0 Å². The van der Waals surface area contributed by atoms with E-state index in [0.717, 1.165) is 0 Å². The van der Waals surface area contributed by atoms with Crippen LogP contribution in [0.5, 0.6) is 0 Å². The molecule has 0 amide bonds. The molecule has 0 bridgehead atoms. The zero-order chi connectivity index (χ0) is 19.8. The summed E-state index contributed by atoms with van der Waals surface area (Å²) >= 11 is 0. The van der Waals surface area contributed by atoms with Crippen molar-refractivity contribution >= 4 is 5.69 Å². The Hall–Kier alpha value is -0.820. The topological polar surface area (TPSA) is 0 Å². The van der Waals surface area contributed by atoms with Gasteiger partial charge in [-0.3, -0.25) is 4.48 Å². The van der Waals surface area contributed by atoms with Crippen LogP contribution < -0.4 is 4.48 Å². The van der Waals surface area contributed by atoms with Crippen molar-refractivity contribution in [3.05, 3.63) is 29.8 Å². The van der Waals surface area contributed by atoms with Crippen LogP contribution in [0.15, 0.2) is 24.3 Å². The van der Waals surface area contributed by atoms with Gasteiger partial charge in [-0.1, -0.05) is 78.0 Å². The highest BCUT2D eigenvalue weighted by Gasteiger charge is 2.31. The molecular weight excluding hydrogens is 326 g/mol. The zero-order valence-electron chi connectivity index (χ0n) is 19.1. The van der Waals surface area contributed by atoms with Crippen molar-refractivity contribution in [2.75, 3.05) is 19.6 Å². The number of nitrogens with zero attached hydrogens (tertiary/aromatic N) is 1. The number of para-hydroxylation sites is 1. The van der Waals surface area contributed by atoms with Crippen LogP contribution in [0, 0.1) is 0 Å². The van der Waals surface area contributed by atoms with E-state index in [4.69, 9.17) is 0 Å². The van der Waals surface area contributed by atoms with Crippen molar-refractivity contribution in [2.45, 2.75) is 111 Å². The Labute approximate surface area is 171 Å². The molecule has 0 atom stereocenters. The average molecular weight is 375 g/mol. The van der Waals surface area contributed by atoms with E-state index >= 15 is 0 Å². The van der Waals surface area contributed by atoms with Crippen molar-refractivity contribution in [3.8, 4) is 0 Å². The molecule has 27 heavy (non-hydrogen) atoms. The highest BCUT2D eigenvalue weighted by Crippen LogP contribution is 2.31. The molecule has 0 heterocycles. The lowest BCUT2D eigenvalue weighted by molar-refractivity contribution is 0.253. The van der Waals surface area contributed by atoms with Crippen LogP contribution in [-0.2, 0) is 6.42 Å². The third-order valence-corrected chi connectivity index (χ3v) is 6.12. The molecular formula is C26H48N+. The Bertz CT molecular complexity index is 439. The summed E-state index contributed by atoms with van der Waals surface area (Å²) in [5.74, 6) is 0. The van der Waals surface area contributed by atoms with E-state index in [-0.39, 0.29) is 0 Å². The molecule has 0 saturated heterocycles. The van der Waals surface area contributed by atoms with Gasteiger partial charge in [-0.25, -0.2) is 0 Å². The van der Waals surface area contributed by atoms with Crippen LogP contribution in [0.2, 0.25) is 0 Å². The van der Waals surface area contributed by atoms with Gasteiger partial charge in [-0.15, -0.1) is 0 Å². The monoisotopic (exact) mass is 374 g/mol. The van der Waals surface area contributed by atoms with E-state index in [1.54, 1.807) is 11.3 Å². The Morgan fingerprint density at radius 2 is 1.00 bits per heavy atom. The van der Waals surface area contributed by atoms with Crippen molar-refractivity contribution in [3.63, 3.8) is 0 Å². The Balaban J connectivity index is 3.13. The van der Waals surface area contributed by atoms with E-state index in [1.165, 1.54) is 108 Å². The van der Waals surface area contributed by atoms with Crippen LogP contribution in [-0.4, -0.2) is 19.6 Å². The molecule has 1 heteroatoms. The zero-order valence-corrected chi connectivity index (χ0v) is 19.1. The number of rotatable bonds is 17. The standard InChI is InChI=1S/C26H48N/c1-5-9-13-19-25-20-14-15-21-26(25)27(22-16-10-6-2,23-17-11-7-3)24-18-12-8-4/h14-15,20-21H,5-13,16-19,22-24H2,1-4H3/q+1. The first-order valence-corrected chi connectivity index (χ1v) is 12.2. The smallest absolute Gasteiger partial charge is 0.136 e. The highest BCUT2D eigenvalue weighted by molar-refractivity contribution is 5.51. The molecule has 0 spiro atoms. The number of benzene rings is 1. The summed E-state index contributed by atoms with van der Waals surface area (Å²) < 4.78 is 1.25. The number of quaternary nitrogens is 1. The minimum Gasteiger partial charge on any atom is -0.291 e. The van der Waals surface area contributed by atoms with E-state index in [9.17, 15) is 0 Å². The molecule has 0 radical (unpaired) electrons. The molecule has 0 unspecified atom stereocenters. The second-order valence-corrected chi connectivity index (χ2v) is 8.52. The number of aryl methyl sites for hydroxylation is 1. The first kappa shape index (κ1) is 24.2. The fourth-order valence-corrected chi connectivity index (χ4v) is 4.44. The van der Waals surface area contributed by atoms with E-state index < -0.39 is 0 Å². The average Bonchev–Trinajstić information content (AvgIpc) is 2.69. The van der Waals surface area contributed by atoms with Crippen LogP contribution in [0.1, 0.15) is 110 Å². The maximum Gasteiger partial charge on any atom is 0.136 e. The van der Waals surface area contributed by atoms with Crippen LogP contribution in [0.3, 0.4) is 0 Å². The molecule has 156 valence electrons. The molecule has 0 aliphatic rings. The van der Waals surface area contributed by atoms with Crippen molar-refractivity contribution < 1.29 is 0 Å². The van der Waals surface area contributed by atoms with Crippen LogP contribution in [0.4, 0.5) is 5.69 Å². The number of unbranched alkanes of at least 4 members (excludes halogenated alkanes) is 8. The van der Waals surface area contributed by atoms with Gasteiger partial charge in [0.25, 0.3) is 0 Å². The van der Waals surface area contributed by atoms with Gasteiger partial charge in [-0.05, 0) is 57.4 Å². The third-order valence-electron chi connectivity index (χ3n) is 6.12. The fourth-order valence-electron chi connectivity index (χ4n) is 4.44. The van der Waals surface area contributed by atoms with Gasteiger partial charge in [0.2, 0.25) is 0 Å². The van der Waals surface area contributed by atoms with Crippen molar-refractivity contribution in [1.82, 2.24) is 4.48 Å². The summed E-state index contributed by atoms with van der Waals surface area (Å²) in [6.45, 7) is 13.3. The molecule has 0 aliphatic heterocycles. The molecule has 0 aromatic heterocycles. The summed E-state index contributed by atoms with van der Waals surface area (Å²) in [6, 6.07) is 9.47. The predicted molar refractivity (Wildman–Crippen MR) is 125 cm³/mol. The van der Waals surface area contributed by atoms with Gasteiger partial charge < -0.3 is 0 Å². The maximum atomic E-state index is 2.48. The lowest BCUT2D eigenvalue weighted by atomic mass is 10.0. The van der Waals surface area contributed by atoms with Crippen LogP contribution >= 0.6 is 0 Å². The molecule has 1 rings (SSSR count). The van der Waals surface area contributed by atoms with Gasteiger partial charge in [-0.2, -0.15) is 0 Å². The molecule has 0 saturated carbocycles. The first-order valence-electron chi connectivity index (χ1n) is 12.2. The Morgan fingerprint density at radius 1 is 0.556 bits per heavy atom. The summed E-state index contributed by atoms with van der Waals surface area (Å²) in [5.41, 5.74) is 3.30.